The Morgan fingerprint density at radius 3 is 2.29 bits per heavy atom. The van der Waals surface area contributed by atoms with Crippen LogP contribution in [0.5, 0.6) is 0 Å². The SMILES string of the molecule is CN(C)CC#CC(C)(O)c1ccccc1-c1ccccc1. The quantitative estimate of drug-likeness (QED) is 0.873. The highest BCUT2D eigenvalue weighted by Gasteiger charge is 2.23. The fourth-order valence-electron chi connectivity index (χ4n) is 2.21. The molecule has 1 atom stereocenters. The maximum absolute atomic E-state index is 10.7. The molecular weight excluding hydrogens is 258 g/mol. The second-order valence-corrected chi connectivity index (χ2v) is 5.52. The van der Waals surface area contributed by atoms with Crippen LogP contribution in [0.15, 0.2) is 54.6 Å². The summed E-state index contributed by atoms with van der Waals surface area (Å²) < 4.78 is 0. The lowest BCUT2D eigenvalue weighted by Crippen LogP contribution is -2.20. The first-order valence-electron chi connectivity index (χ1n) is 7.03. The minimum Gasteiger partial charge on any atom is -0.374 e. The second kappa shape index (κ2) is 6.58. The van der Waals surface area contributed by atoms with Gasteiger partial charge in [-0.2, -0.15) is 0 Å². The van der Waals surface area contributed by atoms with Crippen LogP contribution in [-0.4, -0.2) is 30.6 Å². The monoisotopic (exact) mass is 279 g/mol. The molecule has 0 saturated carbocycles. The summed E-state index contributed by atoms with van der Waals surface area (Å²) in [4.78, 5) is 1.98. The Labute approximate surface area is 127 Å². The molecule has 2 rings (SSSR count). The molecular formula is C19H21NO. The fourth-order valence-corrected chi connectivity index (χ4v) is 2.21. The molecule has 0 fully saturated rings. The van der Waals surface area contributed by atoms with Crippen molar-refractivity contribution >= 4 is 0 Å². The minimum absolute atomic E-state index is 0.629. The molecule has 0 heterocycles. The average molecular weight is 279 g/mol. The number of hydrogen-bond donors (Lipinski definition) is 1. The summed E-state index contributed by atoms with van der Waals surface area (Å²) in [6.07, 6.45) is 0. The van der Waals surface area contributed by atoms with Gasteiger partial charge in [-0.05, 0) is 32.1 Å². The number of hydrogen-bond acceptors (Lipinski definition) is 2. The third kappa shape index (κ3) is 3.95. The normalized spacial score (nSPS) is 13.4. The molecule has 0 radical (unpaired) electrons. The Morgan fingerprint density at radius 2 is 1.62 bits per heavy atom. The average Bonchev–Trinajstić information content (AvgIpc) is 2.47. The van der Waals surface area contributed by atoms with Crippen molar-refractivity contribution in [2.24, 2.45) is 0 Å². The van der Waals surface area contributed by atoms with Crippen LogP contribution in [0.4, 0.5) is 0 Å². The van der Waals surface area contributed by atoms with E-state index < -0.39 is 5.60 Å². The van der Waals surface area contributed by atoms with E-state index in [9.17, 15) is 5.11 Å². The van der Waals surface area contributed by atoms with Gasteiger partial charge in [0.15, 0.2) is 0 Å². The molecule has 2 aromatic carbocycles. The van der Waals surface area contributed by atoms with Crippen molar-refractivity contribution in [3.63, 3.8) is 0 Å². The first-order valence-corrected chi connectivity index (χ1v) is 7.03. The van der Waals surface area contributed by atoms with Crippen LogP contribution < -0.4 is 0 Å². The van der Waals surface area contributed by atoms with Crippen molar-refractivity contribution in [1.29, 1.82) is 0 Å². The molecule has 0 aromatic heterocycles. The van der Waals surface area contributed by atoms with Crippen LogP contribution >= 0.6 is 0 Å². The highest BCUT2D eigenvalue weighted by atomic mass is 16.3. The molecule has 0 aliphatic rings. The largest absolute Gasteiger partial charge is 0.374 e. The second-order valence-electron chi connectivity index (χ2n) is 5.52. The van der Waals surface area contributed by atoms with E-state index in [-0.39, 0.29) is 0 Å². The number of aliphatic hydroxyl groups is 1. The minimum atomic E-state index is -1.16. The van der Waals surface area contributed by atoms with Gasteiger partial charge in [-0.1, -0.05) is 66.4 Å². The summed E-state index contributed by atoms with van der Waals surface area (Å²) in [5.74, 6) is 6.01. The molecule has 2 heteroatoms. The topological polar surface area (TPSA) is 23.5 Å². The highest BCUT2D eigenvalue weighted by molar-refractivity contribution is 5.69. The van der Waals surface area contributed by atoms with Crippen molar-refractivity contribution in [3.05, 3.63) is 60.2 Å². The summed E-state index contributed by atoms with van der Waals surface area (Å²) in [7, 11) is 3.92. The summed E-state index contributed by atoms with van der Waals surface area (Å²) in [5, 5.41) is 10.7. The fraction of sp³-hybridized carbons (Fsp3) is 0.263. The first-order chi connectivity index (χ1) is 10.0. The van der Waals surface area contributed by atoms with Crippen LogP contribution in [0.25, 0.3) is 11.1 Å². The standard InChI is InChI=1S/C19H21NO/c1-19(21,14-9-15-20(2)3)18-13-8-7-12-17(18)16-10-5-4-6-11-16/h4-8,10-13,21H,15H2,1-3H3. The van der Waals surface area contributed by atoms with Gasteiger partial charge < -0.3 is 5.11 Å². The van der Waals surface area contributed by atoms with E-state index in [0.29, 0.717) is 6.54 Å². The number of nitrogens with zero attached hydrogens (tertiary/aromatic N) is 1. The zero-order valence-electron chi connectivity index (χ0n) is 12.8. The molecule has 2 aromatic rings. The maximum Gasteiger partial charge on any atom is 0.148 e. The Balaban J connectivity index is 2.42. The Hall–Kier alpha value is -2.08. The molecule has 108 valence electrons. The molecule has 0 aliphatic heterocycles. The van der Waals surface area contributed by atoms with Gasteiger partial charge in [0.1, 0.15) is 5.60 Å². The van der Waals surface area contributed by atoms with Crippen LogP contribution in [-0.2, 0) is 5.60 Å². The molecule has 0 bridgehead atoms. The first kappa shape index (κ1) is 15.3. The molecule has 0 aliphatic carbocycles. The molecule has 21 heavy (non-hydrogen) atoms. The molecule has 0 spiro atoms. The number of benzene rings is 2. The van der Waals surface area contributed by atoms with E-state index in [1.165, 1.54) is 0 Å². The molecule has 0 amide bonds. The predicted octanol–water partition coefficient (Wildman–Crippen LogP) is 3.13. The molecule has 1 N–H and O–H groups in total. The third-order valence-electron chi connectivity index (χ3n) is 3.26. The van der Waals surface area contributed by atoms with Crippen molar-refractivity contribution in [1.82, 2.24) is 4.90 Å². The van der Waals surface area contributed by atoms with Gasteiger partial charge in [0, 0.05) is 5.56 Å². The lowest BCUT2D eigenvalue weighted by atomic mass is 9.88. The molecule has 1 unspecified atom stereocenters. The van der Waals surface area contributed by atoms with Crippen LogP contribution in [0, 0.1) is 11.8 Å². The van der Waals surface area contributed by atoms with Crippen molar-refractivity contribution < 1.29 is 5.11 Å². The summed E-state index contributed by atoms with van der Waals surface area (Å²) >= 11 is 0. The summed E-state index contributed by atoms with van der Waals surface area (Å²) in [6.45, 7) is 2.38. The Morgan fingerprint density at radius 1 is 1.00 bits per heavy atom. The Bertz CT molecular complexity index is 648. The van der Waals surface area contributed by atoms with Gasteiger partial charge in [0.25, 0.3) is 0 Å². The van der Waals surface area contributed by atoms with Gasteiger partial charge in [-0.3, -0.25) is 4.90 Å². The zero-order valence-corrected chi connectivity index (χ0v) is 12.8. The zero-order chi connectivity index (χ0) is 15.3. The highest BCUT2D eigenvalue weighted by Crippen LogP contribution is 2.31. The van der Waals surface area contributed by atoms with E-state index in [2.05, 4.69) is 11.8 Å². The number of rotatable bonds is 3. The van der Waals surface area contributed by atoms with E-state index in [1.807, 2.05) is 73.6 Å². The molecule has 2 nitrogen and oxygen atoms in total. The van der Waals surface area contributed by atoms with Crippen molar-refractivity contribution in [2.75, 3.05) is 20.6 Å². The lowest BCUT2D eigenvalue weighted by Gasteiger charge is -2.21. The van der Waals surface area contributed by atoms with Gasteiger partial charge in [-0.15, -0.1) is 0 Å². The van der Waals surface area contributed by atoms with Crippen LogP contribution in [0.1, 0.15) is 12.5 Å². The van der Waals surface area contributed by atoms with Crippen LogP contribution in [0.3, 0.4) is 0 Å². The van der Waals surface area contributed by atoms with Crippen molar-refractivity contribution in [3.8, 4) is 23.0 Å². The summed E-state index contributed by atoms with van der Waals surface area (Å²) in [6, 6.07) is 17.9. The van der Waals surface area contributed by atoms with Gasteiger partial charge in [0.05, 0.1) is 6.54 Å². The predicted molar refractivity (Wildman–Crippen MR) is 87.8 cm³/mol. The van der Waals surface area contributed by atoms with Crippen molar-refractivity contribution in [2.45, 2.75) is 12.5 Å². The molecule has 0 saturated heterocycles. The van der Waals surface area contributed by atoms with Crippen LogP contribution in [0.2, 0.25) is 0 Å². The Kier molecular flexibility index (Phi) is 4.80. The third-order valence-corrected chi connectivity index (χ3v) is 3.26. The van der Waals surface area contributed by atoms with E-state index in [1.54, 1.807) is 6.92 Å². The summed E-state index contributed by atoms with van der Waals surface area (Å²) in [5.41, 5.74) is 1.77. The smallest absolute Gasteiger partial charge is 0.148 e. The van der Waals surface area contributed by atoms with E-state index in [0.717, 1.165) is 16.7 Å². The maximum atomic E-state index is 10.7. The van der Waals surface area contributed by atoms with Gasteiger partial charge in [-0.25, -0.2) is 0 Å². The van der Waals surface area contributed by atoms with Gasteiger partial charge in [0.2, 0.25) is 0 Å². The van der Waals surface area contributed by atoms with Gasteiger partial charge >= 0.3 is 0 Å². The van der Waals surface area contributed by atoms with E-state index >= 15 is 0 Å². The lowest BCUT2D eigenvalue weighted by molar-refractivity contribution is 0.122. The van der Waals surface area contributed by atoms with E-state index in [4.69, 9.17) is 0 Å².